The SMILES string of the molecule is Cc1cc(-c2nnc(CBr)n2C2CC2)ccc1Br. The summed E-state index contributed by atoms with van der Waals surface area (Å²) in [6.07, 6.45) is 2.47. The number of alkyl halides is 1. The summed E-state index contributed by atoms with van der Waals surface area (Å²) in [5, 5.41) is 9.39. The Labute approximate surface area is 123 Å². The first-order chi connectivity index (χ1) is 8.70. The first-order valence-electron chi connectivity index (χ1n) is 5.97. The molecule has 0 unspecified atom stereocenters. The number of hydrogen-bond acceptors (Lipinski definition) is 2. The van der Waals surface area contributed by atoms with Gasteiger partial charge in [0.25, 0.3) is 0 Å². The van der Waals surface area contributed by atoms with E-state index in [1.807, 2.05) is 0 Å². The Morgan fingerprint density at radius 3 is 2.72 bits per heavy atom. The van der Waals surface area contributed by atoms with Gasteiger partial charge in [0.05, 0.1) is 5.33 Å². The minimum absolute atomic E-state index is 0.589. The van der Waals surface area contributed by atoms with Gasteiger partial charge in [0.2, 0.25) is 0 Å². The normalized spacial score (nSPS) is 15.1. The Hall–Kier alpha value is -0.680. The molecular formula is C13H13Br2N3. The van der Waals surface area contributed by atoms with Gasteiger partial charge in [-0.3, -0.25) is 0 Å². The van der Waals surface area contributed by atoms with Gasteiger partial charge in [-0.05, 0) is 37.5 Å². The molecule has 1 aromatic heterocycles. The molecule has 3 rings (SSSR count). The number of aromatic nitrogens is 3. The third-order valence-electron chi connectivity index (χ3n) is 3.21. The number of nitrogens with zero attached hydrogens (tertiary/aromatic N) is 3. The number of hydrogen-bond donors (Lipinski definition) is 0. The Balaban J connectivity index is 2.10. The molecule has 18 heavy (non-hydrogen) atoms. The third-order valence-corrected chi connectivity index (χ3v) is 4.61. The Morgan fingerprint density at radius 2 is 2.11 bits per heavy atom. The first-order valence-corrected chi connectivity index (χ1v) is 7.88. The summed E-state index contributed by atoms with van der Waals surface area (Å²) >= 11 is 7.02. The van der Waals surface area contributed by atoms with Crippen LogP contribution in [0.4, 0.5) is 0 Å². The predicted octanol–water partition coefficient (Wildman–Crippen LogP) is 4.25. The van der Waals surface area contributed by atoms with Crippen LogP contribution in [-0.2, 0) is 5.33 Å². The van der Waals surface area contributed by atoms with Gasteiger partial charge in [0.15, 0.2) is 5.82 Å². The lowest BCUT2D eigenvalue weighted by Gasteiger charge is -2.08. The molecular weight excluding hydrogens is 358 g/mol. The maximum absolute atomic E-state index is 4.36. The monoisotopic (exact) mass is 369 g/mol. The molecule has 0 radical (unpaired) electrons. The van der Waals surface area contributed by atoms with Crippen molar-refractivity contribution in [2.45, 2.75) is 31.1 Å². The fourth-order valence-electron chi connectivity index (χ4n) is 2.11. The molecule has 1 saturated carbocycles. The first kappa shape index (κ1) is 12.4. The molecule has 5 heteroatoms. The maximum Gasteiger partial charge on any atom is 0.164 e. The quantitative estimate of drug-likeness (QED) is 0.756. The van der Waals surface area contributed by atoms with Crippen molar-refractivity contribution >= 4 is 31.9 Å². The van der Waals surface area contributed by atoms with Crippen molar-refractivity contribution < 1.29 is 0 Å². The van der Waals surface area contributed by atoms with Gasteiger partial charge in [-0.15, -0.1) is 10.2 Å². The van der Waals surface area contributed by atoms with E-state index in [9.17, 15) is 0 Å². The molecule has 94 valence electrons. The molecule has 0 aliphatic heterocycles. The van der Waals surface area contributed by atoms with Crippen molar-refractivity contribution in [3.63, 3.8) is 0 Å². The van der Waals surface area contributed by atoms with Gasteiger partial charge in [-0.2, -0.15) is 0 Å². The fraction of sp³-hybridized carbons (Fsp3) is 0.385. The molecule has 0 atom stereocenters. The van der Waals surface area contributed by atoms with E-state index in [4.69, 9.17) is 0 Å². The third kappa shape index (κ3) is 2.14. The maximum atomic E-state index is 4.36. The van der Waals surface area contributed by atoms with Crippen LogP contribution in [0.3, 0.4) is 0 Å². The minimum Gasteiger partial charge on any atom is -0.307 e. The summed E-state index contributed by atoms with van der Waals surface area (Å²) in [5.74, 6) is 2.01. The average molecular weight is 371 g/mol. The molecule has 0 N–H and O–H groups in total. The van der Waals surface area contributed by atoms with E-state index in [0.717, 1.165) is 27.0 Å². The summed E-state index contributed by atoms with van der Waals surface area (Å²) in [5.41, 5.74) is 2.36. The zero-order valence-corrected chi connectivity index (χ0v) is 13.2. The van der Waals surface area contributed by atoms with Crippen molar-refractivity contribution in [1.29, 1.82) is 0 Å². The summed E-state index contributed by atoms with van der Waals surface area (Å²) in [6, 6.07) is 6.92. The average Bonchev–Trinajstić information content (AvgIpc) is 3.12. The second kappa shape index (κ2) is 4.78. The zero-order valence-electron chi connectivity index (χ0n) is 10.0. The van der Waals surface area contributed by atoms with E-state index in [-0.39, 0.29) is 0 Å². The molecule has 1 aromatic carbocycles. The second-order valence-electron chi connectivity index (χ2n) is 4.64. The Bertz CT molecular complexity index is 588. The number of rotatable bonds is 3. The lowest BCUT2D eigenvalue weighted by molar-refractivity contribution is 0.714. The topological polar surface area (TPSA) is 30.7 Å². The van der Waals surface area contributed by atoms with Crippen molar-refractivity contribution in [2.24, 2.45) is 0 Å². The molecule has 0 bridgehead atoms. The Morgan fingerprint density at radius 1 is 1.33 bits per heavy atom. The molecule has 1 aliphatic carbocycles. The van der Waals surface area contributed by atoms with Gasteiger partial charge >= 0.3 is 0 Å². The molecule has 1 heterocycles. The highest BCUT2D eigenvalue weighted by atomic mass is 79.9. The van der Waals surface area contributed by atoms with Crippen LogP contribution >= 0.6 is 31.9 Å². The highest BCUT2D eigenvalue weighted by molar-refractivity contribution is 9.10. The van der Waals surface area contributed by atoms with Gasteiger partial charge in [-0.1, -0.05) is 37.9 Å². The van der Waals surface area contributed by atoms with Crippen LogP contribution in [0.5, 0.6) is 0 Å². The van der Waals surface area contributed by atoms with Crippen LogP contribution in [0.2, 0.25) is 0 Å². The fourth-order valence-corrected chi connectivity index (χ4v) is 2.74. The highest BCUT2D eigenvalue weighted by Gasteiger charge is 2.29. The van der Waals surface area contributed by atoms with Crippen LogP contribution in [0, 0.1) is 6.92 Å². The van der Waals surface area contributed by atoms with Gasteiger partial charge in [0, 0.05) is 16.1 Å². The van der Waals surface area contributed by atoms with E-state index >= 15 is 0 Å². The van der Waals surface area contributed by atoms with Crippen LogP contribution in [-0.4, -0.2) is 14.8 Å². The van der Waals surface area contributed by atoms with Crippen molar-refractivity contribution in [3.8, 4) is 11.4 Å². The van der Waals surface area contributed by atoms with Crippen molar-refractivity contribution in [2.75, 3.05) is 0 Å². The van der Waals surface area contributed by atoms with Crippen LogP contribution in [0.1, 0.15) is 30.3 Å². The van der Waals surface area contributed by atoms with E-state index in [2.05, 4.69) is 71.7 Å². The molecule has 3 nitrogen and oxygen atoms in total. The summed E-state index contributed by atoms with van der Waals surface area (Å²) in [7, 11) is 0. The molecule has 1 aliphatic rings. The van der Waals surface area contributed by atoms with Gasteiger partial charge in [0.1, 0.15) is 5.82 Å². The number of benzene rings is 1. The lowest BCUT2D eigenvalue weighted by Crippen LogP contribution is -2.01. The number of aryl methyl sites for hydroxylation is 1. The Kier molecular flexibility index (Phi) is 3.28. The zero-order chi connectivity index (χ0) is 12.7. The second-order valence-corrected chi connectivity index (χ2v) is 6.05. The van der Waals surface area contributed by atoms with Crippen LogP contribution in [0.25, 0.3) is 11.4 Å². The highest BCUT2D eigenvalue weighted by Crippen LogP contribution is 2.39. The van der Waals surface area contributed by atoms with Gasteiger partial charge < -0.3 is 4.57 Å². The summed E-state index contributed by atoms with van der Waals surface area (Å²) < 4.78 is 3.40. The number of halogens is 2. The molecule has 0 amide bonds. The standard InChI is InChI=1S/C13H13Br2N3/c1-8-6-9(2-5-11(8)15)13-17-16-12(7-14)18(13)10-3-4-10/h2,5-6,10H,3-4,7H2,1H3. The van der Waals surface area contributed by atoms with E-state index in [1.54, 1.807) is 0 Å². The van der Waals surface area contributed by atoms with Crippen molar-refractivity contribution in [3.05, 3.63) is 34.1 Å². The molecule has 0 saturated heterocycles. The van der Waals surface area contributed by atoms with E-state index < -0.39 is 0 Å². The van der Waals surface area contributed by atoms with E-state index in [0.29, 0.717) is 6.04 Å². The van der Waals surface area contributed by atoms with Crippen LogP contribution in [0.15, 0.2) is 22.7 Å². The van der Waals surface area contributed by atoms with Gasteiger partial charge in [-0.25, -0.2) is 0 Å². The molecule has 1 fully saturated rings. The summed E-state index contributed by atoms with van der Waals surface area (Å²) in [6.45, 7) is 2.09. The minimum atomic E-state index is 0.589. The molecule has 0 spiro atoms. The molecule has 2 aromatic rings. The lowest BCUT2D eigenvalue weighted by atomic mass is 10.1. The largest absolute Gasteiger partial charge is 0.307 e. The predicted molar refractivity (Wildman–Crippen MR) is 78.8 cm³/mol. The van der Waals surface area contributed by atoms with Crippen LogP contribution < -0.4 is 0 Å². The van der Waals surface area contributed by atoms with Crippen molar-refractivity contribution in [1.82, 2.24) is 14.8 Å². The smallest absolute Gasteiger partial charge is 0.164 e. The van der Waals surface area contributed by atoms with E-state index in [1.165, 1.54) is 18.4 Å². The summed E-state index contributed by atoms with van der Waals surface area (Å²) in [4.78, 5) is 0.